The molecule has 0 spiro atoms. The Morgan fingerprint density at radius 3 is 2.31 bits per heavy atom. The van der Waals surface area contributed by atoms with Crippen molar-refractivity contribution in [2.45, 2.75) is 20.1 Å². The number of carbonyl (C=O) groups excluding carboxylic acids is 1. The molecule has 2 aromatic heterocycles. The van der Waals surface area contributed by atoms with Crippen molar-refractivity contribution in [3.63, 3.8) is 0 Å². The summed E-state index contributed by atoms with van der Waals surface area (Å²) in [4.78, 5) is 16.5. The van der Waals surface area contributed by atoms with Crippen LogP contribution in [0.1, 0.15) is 27.4 Å². The first kappa shape index (κ1) is 22.9. The second-order valence-electron chi connectivity index (χ2n) is 8.15. The van der Waals surface area contributed by atoms with Gasteiger partial charge < -0.3 is 19.6 Å². The topological polar surface area (TPSA) is 105 Å². The average molecular weight is 481 g/mol. The average Bonchev–Trinajstić information content (AvgIpc) is 3.48. The molecule has 0 bridgehead atoms. The van der Waals surface area contributed by atoms with E-state index < -0.39 is 5.91 Å². The number of hydrogen-bond donors (Lipinski definition) is 1. The molecular weight excluding hydrogens is 456 g/mol. The van der Waals surface area contributed by atoms with Gasteiger partial charge in [0.2, 0.25) is 11.8 Å². The summed E-state index contributed by atoms with van der Waals surface area (Å²) in [5.41, 5.74) is 8.23. The highest BCUT2D eigenvalue weighted by Gasteiger charge is 2.18. The molecular formula is C28H24N4O4. The Labute approximate surface area is 207 Å². The number of nitrogens with zero attached hydrogens (tertiary/aromatic N) is 3. The molecule has 0 fully saturated rings. The van der Waals surface area contributed by atoms with E-state index in [1.807, 2.05) is 91.9 Å². The fourth-order valence-corrected chi connectivity index (χ4v) is 3.64. The number of oxazole rings is 1. The van der Waals surface area contributed by atoms with Crippen molar-refractivity contribution in [3.8, 4) is 28.8 Å². The van der Waals surface area contributed by atoms with Crippen LogP contribution >= 0.6 is 0 Å². The van der Waals surface area contributed by atoms with Crippen LogP contribution in [0.15, 0.2) is 95.5 Å². The van der Waals surface area contributed by atoms with Gasteiger partial charge in [-0.05, 0) is 48.9 Å². The number of nitrogens with two attached hydrogens (primary N) is 1. The van der Waals surface area contributed by atoms with E-state index >= 15 is 0 Å². The van der Waals surface area contributed by atoms with Crippen LogP contribution in [0.4, 0.5) is 0 Å². The van der Waals surface area contributed by atoms with Gasteiger partial charge in [0, 0.05) is 11.8 Å². The predicted octanol–water partition coefficient (Wildman–Crippen LogP) is 5.37. The zero-order valence-electron chi connectivity index (χ0n) is 19.6. The second-order valence-corrected chi connectivity index (χ2v) is 8.15. The van der Waals surface area contributed by atoms with Crippen molar-refractivity contribution < 1.29 is 18.7 Å². The van der Waals surface area contributed by atoms with Gasteiger partial charge in [-0.2, -0.15) is 0 Å². The fraction of sp³-hybridized carbons (Fsp3) is 0.107. The van der Waals surface area contributed by atoms with E-state index in [-0.39, 0.29) is 18.1 Å². The summed E-state index contributed by atoms with van der Waals surface area (Å²) in [6.07, 6.45) is 1.58. The van der Waals surface area contributed by atoms with Crippen LogP contribution in [-0.2, 0) is 13.2 Å². The summed E-state index contributed by atoms with van der Waals surface area (Å²) in [5, 5.41) is 4.43. The van der Waals surface area contributed by atoms with Gasteiger partial charge in [-0.3, -0.25) is 9.48 Å². The van der Waals surface area contributed by atoms with Gasteiger partial charge in [0.15, 0.2) is 0 Å². The van der Waals surface area contributed by atoms with Crippen molar-refractivity contribution in [2.24, 2.45) is 5.73 Å². The molecule has 180 valence electrons. The third-order valence-corrected chi connectivity index (χ3v) is 5.50. The molecule has 3 aromatic carbocycles. The SMILES string of the molecule is Cc1oc(-c2ccccc2)nc1COc1nn(Cc2ccc(Oc3ccccc3)cc2)cc1C(N)=O. The summed E-state index contributed by atoms with van der Waals surface area (Å²) in [6.45, 7) is 2.33. The minimum atomic E-state index is -0.621. The van der Waals surface area contributed by atoms with Gasteiger partial charge in [0.25, 0.3) is 5.91 Å². The molecule has 0 atom stereocenters. The molecule has 1 amide bonds. The van der Waals surface area contributed by atoms with E-state index in [0.717, 1.165) is 22.6 Å². The van der Waals surface area contributed by atoms with Crippen LogP contribution in [0, 0.1) is 6.92 Å². The maximum absolute atomic E-state index is 12.0. The normalized spacial score (nSPS) is 10.8. The molecule has 0 saturated heterocycles. The molecule has 0 saturated carbocycles. The Bertz CT molecular complexity index is 1460. The van der Waals surface area contributed by atoms with Crippen LogP contribution in [-0.4, -0.2) is 20.7 Å². The van der Waals surface area contributed by atoms with Crippen LogP contribution in [0.5, 0.6) is 17.4 Å². The first-order valence-corrected chi connectivity index (χ1v) is 11.4. The Balaban J connectivity index is 1.27. The number of rotatable bonds is 9. The van der Waals surface area contributed by atoms with Crippen LogP contribution in [0.2, 0.25) is 0 Å². The predicted molar refractivity (Wildman–Crippen MR) is 134 cm³/mol. The summed E-state index contributed by atoms with van der Waals surface area (Å²) < 4.78 is 19.1. The largest absolute Gasteiger partial charge is 0.469 e. The summed E-state index contributed by atoms with van der Waals surface area (Å²) >= 11 is 0. The second kappa shape index (κ2) is 10.2. The van der Waals surface area contributed by atoms with Gasteiger partial charge in [-0.15, -0.1) is 5.10 Å². The third-order valence-electron chi connectivity index (χ3n) is 5.50. The van der Waals surface area contributed by atoms with E-state index in [1.54, 1.807) is 10.9 Å². The quantitative estimate of drug-likeness (QED) is 0.304. The third kappa shape index (κ3) is 5.28. The van der Waals surface area contributed by atoms with Crippen molar-refractivity contribution in [1.29, 1.82) is 0 Å². The van der Waals surface area contributed by atoms with Crippen LogP contribution in [0.25, 0.3) is 11.5 Å². The number of aryl methyl sites for hydroxylation is 1. The lowest BCUT2D eigenvalue weighted by molar-refractivity contribution is 0.0995. The molecule has 5 aromatic rings. The smallest absolute Gasteiger partial charge is 0.255 e. The Morgan fingerprint density at radius 1 is 0.944 bits per heavy atom. The van der Waals surface area contributed by atoms with E-state index in [9.17, 15) is 4.79 Å². The highest BCUT2D eigenvalue weighted by molar-refractivity contribution is 5.94. The number of para-hydroxylation sites is 1. The number of aromatic nitrogens is 3. The van der Waals surface area contributed by atoms with E-state index in [0.29, 0.717) is 23.9 Å². The molecule has 0 aliphatic rings. The molecule has 36 heavy (non-hydrogen) atoms. The Kier molecular flexibility index (Phi) is 6.48. The van der Waals surface area contributed by atoms with Crippen molar-refractivity contribution in [1.82, 2.24) is 14.8 Å². The Morgan fingerprint density at radius 2 is 1.61 bits per heavy atom. The molecule has 0 aliphatic heterocycles. The van der Waals surface area contributed by atoms with Crippen molar-refractivity contribution in [2.75, 3.05) is 0 Å². The fourth-order valence-electron chi connectivity index (χ4n) is 3.64. The zero-order valence-corrected chi connectivity index (χ0v) is 19.6. The van der Waals surface area contributed by atoms with Gasteiger partial charge in [-0.1, -0.05) is 48.5 Å². The van der Waals surface area contributed by atoms with Crippen molar-refractivity contribution >= 4 is 5.91 Å². The number of amides is 1. The first-order valence-electron chi connectivity index (χ1n) is 11.4. The summed E-state index contributed by atoms with van der Waals surface area (Å²) in [7, 11) is 0. The van der Waals surface area contributed by atoms with Gasteiger partial charge in [0.1, 0.15) is 35.1 Å². The molecule has 8 heteroatoms. The lowest BCUT2D eigenvalue weighted by atomic mass is 10.2. The zero-order chi connectivity index (χ0) is 24.9. The molecule has 2 heterocycles. The van der Waals surface area contributed by atoms with Crippen molar-refractivity contribution in [3.05, 3.63) is 114 Å². The molecule has 2 N–H and O–H groups in total. The van der Waals surface area contributed by atoms with Crippen LogP contribution < -0.4 is 15.2 Å². The maximum atomic E-state index is 12.0. The maximum Gasteiger partial charge on any atom is 0.255 e. The molecule has 0 aliphatic carbocycles. The minimum absolute atomic E-state index is 0.0883. The minimum Gasteiger partial charge on any atom is -0.469 e. The number of carbonyl (C=O) groups is 1. The first-order chi connectivity index (χ1) is 17.5. The summed E-state index contributed by atoms with van der Waals surface area (Å²) in [5.74, 6) is 2.16. The van der Waals surface area contributed by atoms with Gasteiger partial charge >= 0.3 is 0 Å². The Hall–Kier alpha value is -4.85. The number of benzene rings is 3. The van der Waals surface area contributed by atoms with Crippen LogP contribution in [0.3, 0.4) is 0 Å². The van der Waals surface area contributed by atoms with Gasteiger partial charge in [0.05, 0.1) is 6.54 Å². The highest BCUT2D eigenvalue weighted by Crippen LogP contribution is 2.24. The number of hydrogen-bond acceptors (Lipinski definition) is 6. The molecule has 5 rings (SSSR count). The lowest BCUT2D eigenvalue weighted by Gasteiger charge is -2.07. The lowest BCUT2D eigenvalue weighted by Crippen LogP contribution is -2.12. The summed E-state index contributed by atoms with van der Waals surface area (Å²) in [6, 6.07) is 26.8. The molecule has 0 radical (unpaired) electrons. The number of primary amides is 1. The monoisotopic (exact) mass is 480 g/mol. The molecule has 0 unspecified atom stereocenters. The van der Waals surface area contributed by atoms with Gasteiger partial charge in [-0.25, -0.2) is 4.98 Å². The van der Waals surface area contributed by atoms with E-state index in [2.05, 4.69) is 10.1 Å². The van der Waals surface area contributed by atoms with E-state index in [1.165, 1.54) is 0 Å². The molecule has 8 nitrogen and oxygen atoms in total. The highest BCUT2D eigenvalue weighted by atomic mass is 16.5. The number of ether oxygens (including phenoxy) is 2. The standard InChI is InChI=1S/C28H24N4O4/c1-19-25(30-27(35-19)21-8-4-2-5-9-21)18-34-28-24(26(29)33)17-32(31-28)16-20-12-14-23(15-13-20)36-22-10-6-3-7-11-22/h2-15,17H,16,18H2,1H3,(H2,29,33). The van der Waals surface area contributed by atoms with E-state index in [4.69, 9.17) is 19.6 Å².